The Labute approximate surface area is 135 Å². The Morgan fingerprint density at radius 3 is 2.43 bits per heavy atom. The number of benzene rings is 1. The van der Waals surface area contributed by atoms with Crippen molar-refractivity contribution in [3.05, 3.63) is 24.3 Å². The predicted octanol–water partition coefficient (Wildman–Crippen LogP) is 2.09. The van der Waals surface area contributed by atoms with Crippen LogP contribution in [0.1, 0.15) is 19.3 Å². The van der Waals surface area contributed by atoms with Crippen LogP contribution in [0.15, 0.2) is 29.2 Å². The lowest BCUT2D eigenvalue weighted by atomic mass is 10.2. The summed E-state index contributed by atoms with van der Waals surface area (Å²) in [6.45, 7) is -0.710. The van der Waals surface area contributed by atoms with Crippen molar-refractivity contribution in [1.82, 2.24) is 9.62 Å². The molecule has 0 saturated heterocycles. The molecule has 0 bridgehead atoms. The maximum Gasteiger partial charge on any atom is 0.272 e. The molecule has 1 aliphatic rings. The van der Waals surface area contributed by atoms with Crippen LogP contribution in [0.2, 0.25) is 0 Å². The number of alkyl halides is 2. The minimum absolute atomic E-state index is 0.0813. The zero-order chi connectivity index (χ0) is 17.0. The molecular formula is C15H22F2N2O3S. The van der Waals surface area contributed by atoms with Crippen molar-refractivity contribution in [2.24, 2.45) is 0 Å². The first kappa shape index (κ1) is 18.1. The summed E-state index contributed by atoms with van der Waals surface area (Å²) in [7, 11) is 0.358. The highest BCUT2D eigenvalue weighted by Crippen LogP contribution is 2.24. The van der Waals surface area contributed by atoms with Crippen molar-refractivity contribution < 1.29 is 21.9 Å². The van der Waals surface area contributed by atoms with Crippen molar-refractivity contribution in [1.29, 1.82) is 0 Å². The number of rotatable bonds is 7. The fourth-order valence-corrected chi connectivity index (χ4v) is 3.98. The van der Waals surface area contributed by atoms with Crippen molar-refractivity contribution in [3.8, 4) is 5.75 Å². The summed E-state index contributed by atoms with van der Waals surface area (Å²) in [5, 5.41) is 0. The molecule has 2 atom stereocenters. The minimum atomic E-state index is -3.61. The van der Waals surface area contributed by atoms with Crippen LogP contribution in [-0.2, 0) is 10.0 Å². The molecule has 0 heterocycles. The third kappa shape index (κ3) is 5.12. The maximum atomic E-state index is 12.4. The van der Waals surface area contributed by atoms with E-state index in [1.54, 1.807) is 0 Å². The van der Waals surface area contributed by atoms with E-state index in [2.05, 4.69) is 9.62 Å². The number of nitrogens with zero attached hydrogens (tertiary/aromatic N) is 1. The van der Waals surface area contributed by atoms with Gasteiger partial charge in [-0.1, -0.05) is 0 Å². The van der Waals surface area contributed by atoms with E-state index in [1.165, 1.54) is 24.3 Å². The molecule has 1 aliphatic carbocycles. The molecular weight excluding hydrogens is 326 g/mol. The largest absolute Gasteiger partial charge is 0.488 e. The van der Waals surface area contributed by atoms with Gasteiger partial charge in [0.2, 0.25) is 10.0 Å². The van der Waals surface area contributed by atoms with E-state index in [1.807, 2.05) is 14.1 Å². The van der Waals surface area contributed by atoms with Gasteiger partial charge in [0.1, 0.15) is 12.4 Å². The van der Waals surface area contributed by atoms with Gasteiger partial charge in [-0.2, -0.15) is 0 Å². The zero-order valence-electron chi connectivity index (χ0n) is 13.2. The van der Waals surface area contributed by atoms with E-state index in [-0.39, 0.29) is 16.7 Å². The van der Waals surface area contributed by atoms with Gasteiger partial charge >= 0.3 is 0 Å². The molecule has 0 aliphatic heterocycles. The van der Waals surface area contributed by atoms with Gasteiger partial charge in [0.25, 0.3) is 6.43 Å². The Morgan fingerprint density at radius 1 is 1.26 bits per heavy atom. The van der Waals surface area contributed by atoms with E-state index in [4.69, 9.17) is 4.74 Å². The van der Waals surface area contributed by atoms with Crippen molar-refractivity contribution in [2.45, 2.75) is 42.7 Å². The van der Waals surface area contributed by atoms with Crippen LogP contribution >= 0.6 is 0 Å². The highest BCUT2D eigenvalue weighted by molar-refractivity contribution is 7.89. The van der Waals surface area contributed by atoms with Crippen LogP contribution in [0.5, 0.6) is 5.75 Å². The summed E-state index contributed by atoms with van der Waals surface area (Å²) in [4.78, 5) is 2.21. The second-order valence-electron chi connectivity index (χ2n) is 5.92. The van der Waals surface area contributed by atoms with Gasteiger partial charge < -0.3 is 9.64 Å². The van der Waals surface area contributed by atoms with Crippen LogP contribution in [0.25, 0.3) is 0 Å². The lowest BCUT2D eigenvalue weighted by Crippen LogP contribution is -2.34. The zero-order valence-corrected chi connectivity index (χ0v) is 14.0. The second-order valence-corrected chi connectivity index (χ2v) is 7.64. The monoisotopic (exact) mass is 348 g/mol. The number of halogens is 2. The van der Waals surface area contributed by atoms with E-state index >= 15 is 0 Å². The number of nitrogens with one attached hydrogen (secondary N) is 1. The quantitative estimate of drug-likeness (QED) is 0.820. The number of ether oxygens (including phenoxy) is 1. The van der Waals surface area contributed by atoms with Crippen LogP contribution in [0.3, 0.4) is 0 Å². The molecule has 1 N–H and O–H groups in total. The molecule has 1 saturated carbocycles. The molecule has 0 aromatic heterocycles. The maximum absolute atomic E-state index is 12.4. The van der Waals surface area contributed by atoms with Gasteiger partial charge in [0, 0.05) is 12.1 Å². The molecule has 2 unspecified atom stereocenters. The van der Waals surface area contributed by atoms with Crippen LogP contribution in [-0.4, -0.2) is 52.5 Å². The first-order valence-electron chi connectivity index (χ1n) is 7.47. The fourth-order valence-electron chi connectivity index (χ4n) is 2.70. The Balaban J connectivity index is 1.97. The molecule has 1 fully saturated rings. The Kier molecular flexibility index (Phi) is 5.94. The van der Waals surface area contributed by atoms with Gasteiger partial charge in [0.05, 0.1) is 4.90 Å². The van der Waals surface area contributed by atoms with Crippen molar-refractivity contribution in [2.75, 3.05) is 20.7 Å². The summed E-state index contributed by atoms with van der Waals surface area (Å²) in [5.74, 6) is 0.220. The van der Waals surface area contributed by atoms with Crippen LogP contribution in [0, 0.1) is 0 Å². The van der Waals surface area contributed by atoms with E-state index in [9.17, 15) is 17.2 Å². The summed E-state index contributed by atoms with van der Waals surface area (Å²) in [6, 6.07) is 5.79. The van der Waals surface area contributed by atoms with E-state index in [0.29, 0.717) is 6.04 Å². The van der Waals surface area contributed by atoms with Crippen molar-refractivity contribution in [3.63, 3.8) is 0 Å². The topological polar surface area (TPSA) is 58.6 Å². The lowest BCUT2D eigenvalue weighted by Gasteiger charge is -2.19. The van der Waals surface area contributed by atoms with E-state index < -0.39 is 23.1 Å². The van der Waals surface area contributed by atoms with Gasteiger partial charge in [-0.05, 0) is 57.6 Å². The smallest absolute Gasteiger partial charge is 0.272 e. The lowest BCUT2D eigenvalue weighted by molar-refractivity contribution is 0.0819. The van der Waals surface area contributed by atoms with Gasteiger partial charge in [-0.3, -0.25) is 0 Å². The standard InChI is InChI=1S/C15H22F2N2O3S/c1-19(2)12-4-3-11(9-12)18-23(20,21)14-7-5-13(6-8-14)22-10-15(16)17/h5-8,11-12,15,18H,3-4,9-10H2,1-2H3. The SMILES string of the molecule is CN(C)C1CCC(NS(=O)(=O)c2ccc(OCC(F)F)cc2)C1. The highest BCUT2D eigenvalue weighted by atomic mass is 32.2. The summed E-state index contributed by atoms with van der Waals surface area (Å²) >= 11 is 0. The third-order valence-electron chi connectivity index (χ3n) is 3.97. The summed E-state index contributed by atoms with van der Waals surface area (Å²) in [5.41, 5.74) is 0. The van der Waals surface area contributed by atoms with Crippen LogP contribution in [0.4, 0.5) is 8.78 Å². The van der Waals surface area contributed by atoms with E-state index in [0.717, 1.165) is 19.3 Å². The molecule has 2 rings (SSSR count). The Morgan fingerprint density at radius 2 is 1.91 bits per heavy atom. The number of hydrogen-bond donors (Lipinski definition) is 1. The summed E-state index contributed by atoms with van der Waals surface area (Å²) in [6.07, 6.45) is -0.0212. The molecule has 0 radical (unpaired) electrons. The van der Waals surface area contributed by atoms with Gasteiger partial charge in [-0.25, -0.2) is 21.9 Å². The Hall–Kier alpha value is -1.25. The fraction of sp³-hybridized carbons (Fsp3) is 0.600. The van der Waals surface area contributed by atoms with Gasteiger partial charge in [-0.15, -0.1) is 0 Å². The summed E-state index contributed by atoms with van der Waals surface area (Å²) < 4.78 is 56.4. The number of sulfonamides is 1. The predicted molar refractivity (Wildman–Crippen MR) is 83.4 cm³/mol. The first-order valence-corrected chi connectivity index (χ1v) is 8.96. The molecule has 130 valence electrons. The second kappa shape index (κ2) is 7.55. The van der Waals surface area contributed by atoms with Gasteiger partial charge in [0.15, 0.2) is 0 Å². The normalized spacial score (nSPS) is 22.0. The minimum Gasteiger partial charge on any atom is -0.488 e. The van der Waals surface area contributed by atoms with Crippen molar-refractivity contribution >= 4 is 10.0 Å². The molecule has 0 amide bonds. The molecule has 5 nitrogen and oxygen atoms in total. The third-order valence-corrected chi connectivity index (χ3v) is 5.50. The average Bonchev–Trinajstić information content (AvgIpc) is 2.93. The molecule has 23 heavy (non-hydrogen) atoms. The molecule has 0 spiro atoms. The molecule has 8 heteroatoms. The molecule has 1 aromatic rings. The average molecular weight is 348 g/mol. The number of hydrogen-bond acceptors (Lipinski definition) is 4. The highest BCUT2D eigenvalue weighted by Gasteiger charge is 2.29. The first-order chi connectivity index (χ1) is 10.8. The van der Waals surface area contributed by atoms with Crippen LogP contribution < -0.4 is 9.46 Å². The molecule has 1 aromatic carbocycles. The Bertz CT molecular complexity index is 606.